The van der Waals surface area contributed by atoms with Crippen molar-refractivity contribution in [2.75, 3.05) is 6.54 Å². The standard InChI is InChI=1S/C16H20ClN3/c1-4-8-18-16(13-6-5-7-14(17)10-13)15-9-11(2)19-20-12(15)3/h5-7,9-10,16,18H,4,8H2,1-3H3. The Hall–Kier alpha value is -1.45. The van der Waals surface area contributed by atoms with Crippen molar-refractivity contribution in [3.8, 4) is 0 Å². The normalized spacial score (nSPS) is 12.4. The highest BCUT2D eigenvalue weighted by Gasteiger charge is 2.17. The summed E-state index contributed by atoms with van der Waals surface area (Å²) in [6, 6.07) is 10.2. The predicted molar refractivity (Wildman–Crippen MR) is 83.1 cm³/mol. The lowest BCUT2D eigenvalue weighted by Gasteiger charge is -2.21. The Balaban J connectivity index is 2.44. The second-order valence-corrected chi connectivity index (χ2v) is 5.41. The van der Waals surface area contributed by atoms with E-state index in [1.54, 1.807) is 0 Å². The summed E-state index contributed by atoms with van der Waals surface area (Å²) in [5.41, 5.74) is 4.19. The third-order valence-corrected chi connectivity index (χ3v) is 3.47. The van der Waals surface area contributed by atoms with Crippen LogP contribution in [0.25, 0.3) is 0 Å². The van der Waals surface area contributed by atoms with Crippen LogP contribution in [0.4, 0.5) is 0 Å². The highest BCUT2D eigenvalue weighted by Crippen LogP contribution is 2.26. The molecule has 0 fully saturated rings. The second kappa shape index (κ2) is 6.82. The molecule has 2 aromatic rings. The molecule has 0 aliphatic carbocycles. The monoisotopic (exact) mass is 289 g/mol. The zero-order valence-corrected chi connectivity index (χ0v) is 12.9. The number of nitrogens with zero attached hydrogens (tertiary/aromatic N) is 2. The number of aryl methyl sites for hydroxylation is 2. The summed E-state index contributed by atoms with van der Waals surface area (Å²) in [6.07, 6.45) is 1.08. The molecule has 4 heteroatoms. The van der Waals surface area contributed by atoms with Crippen molar-refractivity contribution in [2.24, 2.45) is 0 Å². The molecule has 0 spiro atoms. The lowest BCUT2D eigenvalue weighted by Crippen LogP contribution is -2.24. The minimum absolute atomic E-state index is 0.0999. The third kappa shape index (κ3) is 3.56. The topological polar surface area (TPSA) is 37.8 Å². The summed E-state index contributed by atoms with van der Waals surface area (Å²) < 4.78 is 0. The Morgan fingerprint density at radius 2 is 2.00 bits per heavy atom. The molecular formula is C16H20ClN3. The lowest BCUT2D eigenvalue weighted by molar-refractivity contribution is 0.591. The van der Waals surface area contributed by atoms with Gasteiger partial charge in [-0.05, 0) is 56.1 Å². The van der Waals surface area contributed by atoms with Gasteiger partial charge in [-0.25, -0.2) is 0 Å². The molecular weight excluding hydrogens is 270 g/mol. The highest BCUT2D eigenvalue weighted by molar-refractivity contribution is 6.30. The van der Waals surface area contributed by atoms with Crippen molar-refractivity contribution in [2.45, 2.75) is 33.2 Å². The fraction of sp³-hybridized carbons (Fsp3) is 0.375. The van der Waals surface area contributed by atoms with Crippen molar-refractivity contribution in [3.63, 3.8) is 0 Å². The average Bonchev–Trinajstić information content (AvgIpc) is 2.43. The Bertz CT molecular complexity index is 584. The first-order valence-corrected chi connectivity index (χ1v) is 7.29. The van der Waals surface area contributed by atoms with Crippen molar-refractivity contribution in [1.82, 2.24) is 15.5 Å². The smallest absolute Gasteiger partial charge is 0.0651 e. The minimum Gasteiger partial charge on any atom is -0.306 e. The summed E-state index contributed by atoms with van der Waals surface area (Å²) in [7, 11) is 0. The van der Waals surface area contributed by atoms with E-state index in [0.717, 1.165) is 40.5 Å². The fourth-order valence-corrected chi connectivity index (χ4v) is 2.44. The molecule has 106 valence electrons. The first-order chi connectivity index (χ1) is 9.61. The van der Waals surface area contributed by atoms with Crippen molar-refractivity contribution < 1.29 is 0 Å². The molecule has 0 aliphatic heterocycles. The first-order valence-electron chi connectivity index (χ1n) is 6.91. The molecule has 1 unspecified atom stereocenters. The van der Waals surface area contributed by atoms with E-state index >= 15 is 0 Å². The van der Waals surface area contributed by atoms with Gasteiger partial charge in [-0.1, -0.05) is 30.7 Å². The summed E-state index contributed by atoms with van der Waals surface area (Å²) >= 11 is 6.13. The lowest BCUT2D eigenvalue weighted by atomic mass is 9.97. The summed E-state index contributed by atoms with van der Waals surface area (Å²) in [5, 5.41) is 12.7. The molecule has 1 aromatic heterocycles. The minimum atomic E-state index is 0.0999. The highest BCUT2D eigenvalue weighted by atomic mass is 35.5. The zero-order valence-electron chi connectivity index (χ0n) is 12.2. The first kappa shape index (κ1) is 14.9. The number of rotatable bonds is 5. The quantitative estimate of drug-likeness (QED) is 0.909. The van der Waals surface area contributed by atoms with E-state index in [4.69, 9.17) is 11.6 Å². The van der Waals surface area contributed by atoms with Gasteiger partial charge in [0.2, 0.25) is 0 Å². The van der Waals surface area contributed by atoms with Crippen LogP contribution in [-0.4, -0.2) is 16.7 Å². The number of halogens is 1. The zero-order chi connectivity index (χ0) is 14.5. The number of nitrogens with one attached hydrogen (secondary N) is 1. The van der Waals surface area contributed by atoms with Crippen LogP contribution in [-0.2, 0) is 0 Å². The van der Waals surface area contributed by atoms with Gasteiger partial charge in [-0.15, -0.1) is 0 Å². The van der Waals surface area contributed by atoms with Crippen LogP contribution in [0, 0.1) is 13.8 Å². The Morgan fingerprint density at radius 3 is 2.70 bits per heavy atom. The molecule has 0 saturated heterocycles. The van der Waals surface area contributed by atoms with Crippen LogP contribution >= 0.6 is 11.6 Å². The van der Waals surface area contributed by atoms with Crippen LogP contribution in [0.15, 0.2) is 30.3 Å². The van der Waals surface area contributed by atoms with Crippen LogP contribution in [0.1, 0.15) is 41.9 Å². The van der Waals surface area contributed by atoms with Gasteiger partial charge in [-0.3, -0.25) is 0 Å². The molecule has 0 aliphatic rings. The van der Waals surface area contributed by atoms with Gasteiger partial charge in [0.05, 0.1) is 17.4 Å². The van der Waals surface area contributed by atoms with Gasteiger partial charge in [0, 0.05) is 5.02 Å². The van der Waals surface area contributed by atoms with E-state index < -0.39 is 0 Å². The molecule has 3 nitrogen and oxygen atoms in total. The largest absolute Gasteiger partial charge is 0.306 e. The summed E-state index contributed by atoms with van der Waals surface area (Å²) in [5.74, 6) is 0. The number of hydrogen-bond acceptors (Lipinski definition) is 3. The van der Waals surface area contributed by atoms with Gasteiger partial charge in [0.25, 0.3) is 0 Å². The molecule has 20 heavy (non-hydrogen) atoms. The SMILES string of the molecule is CCCNC(c1cccc(Cl)c1)c1cc(C)nnc1C. The Labute approximate surface area is 125 Å². The van der Waals surface area contributed by atoms with Crippen LogP contribution in [0.5, 0.6) is 0 Å². The van der Waals surface area contributed by atoms with E-state index in [-0.39, 0.29) is 6.04 Å². The Morgan fingerprint density at radius 1 is 1.20 bits per heavy atom. The summed E-state index contributed by atoms with van der Waals surface area (Å²) in [6.45, 7) is 7.06. The molecule has 0 radical (unpaired) electrons. The molecule has 1 heterocycles. The number of aromatic nitrogens is 2. The number of benzene rings is 1. The van der Waals surface area contributed by atoms with Gasteiger partial charge < -0.3 is 5.32 Å². The van der Waals surface area contributed by atoms with Crippen LogP contribution < -0.4 is 5.32 Å². The van der Waals surface area contributed by atoms with Gasteiger partial charge in [0.1, 0.15) is 0 Å². The molecule has 0 saturated carbocycles. The Kier molecular flexibility index (Phi) is 5.10. The van der Waals surface area contributed by atoms with Gasteiger partial charge in [0.15, 0.2) is 0 Å². The molecule has 1 N–H and O–H groups in total. The van der Waals surface area contributed by atoms with E-state index in [9.17, 15) is 0 Å². The van der Waals surface area contributed by atoms with E-state index in [2.05, 4.69) is 34.6 Å². The van der Waals surface area contributed by atoms with Crippen molar-refractivity contribution in [1.29, 1.82) is 0 Å². The van der Waals surface area contributed by atoms with Crippen LogP contribution in [0.3, 0.4) is 0 Å². The van der Waals surface area contributed by atoms with Gasteiger partial charge >= 0.3 is 0 Å². The molecule has 0 bridgehead atoms. The van der Waals surface area contributed by atoms with E-state index in [0.29, 0.717) is 0 Å². The maximum Gasteiger partial charge on any atom is 0.0651 e. The average molecular weight is 290 g/mol. The predicted octanol–water partition coefficient (Wildman–Crippen LogP) is 3.84. The van der Waals surface area contributed by atoms with E-state index in [1.165, 1.54) is 0 Å². The third-order valence-electron chi connectivity index (χ3n) is 3.23. The molecule has 0 amide bonds. The maximum atomic E-state index is 6.13. The molecule has 2 rings (SSSR count). The van der Waals surface area contributed by atoms with Gasteiger partial charge in [-0.2, -0.15) is 10.2 Å². The van der Waals surface area contributed by atoms with Crippen LogP contribution in [0.2, 0.25) is 5.02 Å². The van der Waals surface area contributed by atoms with E-state index in [1.807, 2.05) is 32.0 Å². The van der Waals surface area contributed by atoms with Crippen molar-refractivity contribution >= 4 is 11.6 Å². The number of hydrogen-bond donors (Lipinski definition) is 1. The maximum absolute atomic E-state index is 6.13. The van der Waals surface area contributed by atoms with Crippen molar-refractivity contribution in [3.05, 3.63) is 57.9 Å². The molecule has 1 atom stereocenters. The second-order valence-electron chi connectivity index (χ2n) is 4.97. The molecule has 1 aromatic carbocycles. The summed E-state index contributed by atoms with van der Waals surface area (Å²) in [4.78, 5) is 0. The fourth-order valence-electron chi connectivity index (χ4n) is 2.24.